The molecule has 1 heterocycles. The van der Waals surface area contributed by atoms with Crippen molar-refractivity contribution in [2.24, 2.45) is 0 Å². The summed E-state index contributed by atoms with van der Waals surface area (Å²) in [6.07, 6.45) is 3.15. The number of rotatable bonds is 3. The minimum absolute atomic E-state index is 0.583. The van der Waals surface area contributed by atoms with Crippen molar-refractivity contribution in [3.05, 3.63) is 54.5 Å². The van der Waals surface area contributed by atoms with Gasteiger partial charge in [-0.1, -0.05) is 45.7 Å². The largest absolute Gasteiger partial charge is 0.236 e. The van der Waals surface area contributed by atoms with E-state index < -0.39 is 0 Å². The second-order valence-corrected chi connectivity index (χ2v) is 6.96. The second-order valence-electron chi connectivity index (χ2n) is 4.67. The van der Waals surface area contributed by atoms with Gasteiger partial charge in [0.05, 0.1) is 9.26 Å². The molecule has 1 saturated carbocycles. The van der Waals surface area contributed by atoms with Crippen LogP contribution in [0.25, 0.3) is 0 Å². The Labute approximate surface area is 139 Å². The highest BCUT2D eigenvalue weighted by atomic mass is 127. The van der Waals surface area contributed by atoms with Crippen molar-refractivity contribution in [3.63, 3.8) is 0 Å². The molecule has 1 fully saturated rings. The van der Waals surface area contributed by atoms with Crippen LogP contribution in [0.4, 0.5) is 0 Å². The summed E-state index contributed by atoms with van der Waals surface area (Å²) in [6, 6.07) is 8.14. The maximum atomic E-state index is 6.23. The number of nitrogens with zero attached hydrogens (tertiary/aromatic N) is 2. The molecule has 2 aromatic rings. The summed E-state index contributed by atoms with van der Waals surface area (Å²) >= 11 is 12.0. The van der Waals surface area contributed by atoms with E-state index in [1.54, 1.807) is 0 Å². The maximum Gasteiger partial charge on any atom is 0.146 e. The number of aromatic nitrogens is 2. The minimum Gasteiger partial charge on any atom is -0.236 e. The van der Waals surface area contributed by atoms with Gasteiger partial charge in [-0.2, -0.15) is 0 Å². The van der Waals surface area contributed by atoms with Crippen molar-refractivity contribution in [3.8, 4) is 0 Å². The van der Waals surface area contributed by atoms with Crippen molar-refractivity contribution in [2.45, 2.75) is 25.2 Å². The normalized spacial score (nSPS) is 14.7. The molecule has 19 heavy (non-hydrogen) atoms. The van der Waals surface area contributed by atoms with Crippen LogP contribution in [0.15, 0.2) is 28.7 Å². The quantitative estimate of drug-likeness (QED) is 0.489. The fourth-order valence-electron chi connectivity index (χ4n) is 2.00. The lowest BCUT2D eigenvalue weighted by molar-refractivity contribution is 0.887. The van der Waals surface area contributed by atoms with E-state index in [4.69, 9.17) is 16.6 Å². The summed E-state index contributed by atoms with van der Waals surface area (Å²) in [5, 5.41) is 0.583. The summed E-state index contributed by atoms with van der Waals surface area (Å²) in [6.45, 7) is 0. The van der Waals surface area contributed by atoms with Crippen molar-refractivity contribution in [2.75, 3.05) is 0 Å². The van der Waals surface area contributed by atoms with Gasteiger partial charge >= 0.3 is 0 Å². The van der Waals surface area contributed by atoms with Gasteiger partial charge in [-0.25, -0.2) is 9.97 Å². The highest BCUT2D eigenvalue weighted by Gasteiger charge is 2.29. The van der Waals surface area contributed by atoms with Gasteiger partial charge in [0, 0.05) is 16.8 Å². The van der Waals surface area contributed by atoms with Crippen LogP contribution in [0.1, 0.15) is 35.8 Å². The predicted molar refractivity (Wildman–Crippen MR) is 88.7 cm³/mol. The molecule has 1 aromatic heterocycles. The second kappa shape index (κ2) is 5.66. The van der Waals surface area contributed by atoms with Crippen LogP contribution in [0, 0.1) is 3.57 Å². The third-order valence-electron chi connectivity index (χ3n) is 3.15. The zero-order valence-corrected chi connectivity index (χ0v) is 14.5. The van der Waals surface area contributed by atoms with Crippen molar-refractivity contribution in [1.82, 2.24) is 9.97 Å². The van der Waals surface area contributed by atoms with E-state index in [2.05, 4.69) is 49.6 Å². The molecule has 0 unspecified atom stereocenters. The van der Waals surface area contributed by atoms with E-state index >= 15 is 0 Å². The van der Waals surface area contributed by atoms with Crippen LogP contribution >= 0.6 is 50.1 Å². The Bertz CT molecular complexity index is 629. The maximum absolute atomic E-state index is 6.23. The molecular weight excluding hydrogens is 438 g/mol. The Morgan fingerprint density at radius 2 is 2.00 bits per heavy atom. The molecule has 0 aliphatic heterocycles. The number of benzene rings is 1. The lowest BCUT2D eigenvalue weighted by atomic mass is 10.1. The average molecular weight is 450 g/mol. The van der Waals surface area contributed by atoms with Crippen molar-refractivity contribution >= 4 is 50.1 Å². The minimum atomic E-state index is 0.583. The molecular formula is C14H11BrClIN2. The Morgan fingerprint density at radius 3 is 2.68 bits per heavy atom. The molecule has 0 bridgehead atoms. The van der Waals surface area contributed by atoms with E-state index in [0.29, 0.717) is 17.5 Å². The summed E-state index contributed by atoms with van der Waals surface area (Å²) in [5.74, 6) is 1.39. The third kappa shape index (κ3) is 3.11. The first-order valence-corrected chi connectivity index (χ1v) is 8.35. The van der Waals surface area contributed by atoms with Gasteiger partial charge in [0.2, 0.25) is 0 Å². The summed E-state index contributed by atoms with van der Waals surface area (Å²) < 4.78 is 2.10. The van der Waals surface area contributed by atoms with Gasteiger partial charge in [0.25, 0.3) is 0 Å². The lowest BCUT2D eigenvalue weighted by Gasteiger charge is -2.08. The van der Waals surface area contributed by atoms with Gasteiger partial charge in [-0.15, -0.1) is 0 Å². The van der Waals surface area contributed by atoms with Crippen molar-refractivity contribution in [1.29, 1.82) is 0 Å². The molecule has 0 atom stereocenters. The Balaban J connectivity index is 1.95. The summed E-state index contributed by atoms with van der Waals surface area (Å²) in [7, 11) is 0. The number of halogens is 3. The average Bonchev–Trinajstić information content (AvgIpc) is 3.20. The molecule has 0 spiro atoms. The molecule has 2 nitrogen and oxygen atoms in total. The van der Waals surface area contributed by atoms with Gasteiger partial charge in [0.15, 0.2) is 0 Å². The van der Waals surface area contributed by atoms with Crippen LogP contribution in [0.5, 0.6) is 0 Å². The monoisotopic (exact) mass is 448 g/mol. The summed E-state index contributed by atoms with van der Waals surface area (Å²) in [5.41, 5.74) is 2.31. The van der Waals surface area contributed by atoms with Crippen LogP contribution in [-0.2, 0) is 6.42 Å². The first kappa shape index (κ1) is 13.8. The van der Waals surface area contributed by atoms with E-state index in [9.17, 15) is 0 Å². The molecule has 0 saturated heterocycles. The van der Waals surface area contributed by atoms with Gasteiger partial charge in [-0.3, -0.25) is 0 Å². The highest BCUT2D eigenvalue weighted by molar-refractivity contribution is 14.1. The van der Waals surface area contributed by atoms with Crippen molar-refractivity contribution < 1.29 is 0 Å². The molecule has 1 aliphatic rings. The predicted octanol–water partition coefficient (Wildman–Crippen LogP) is 4.97. The lowest BCUT2D eigenvalue weighted by Crippen LogP contribution is -2.04. The number of hydrogen-bond acceptors (Lipinski definition) is 2. The Morgan fingerprint density at radius 1 is 1.26 bits per heavy atom. The van der Waals surface area contributed by atoms with Crippen LogP contribution in [0.2, 0.25) is 5.15 Å². The van der Waals surface area contributed by atoms with Crippen LogP contribution in [-0.4, -0.2) is 9.97 Å². The Kier molecular flexibility index (Phi) is 4.10. The topological polar surface area (TPSA) is 25.8 Å². The zero-order valence-electron chi connectivity index (χ0n) is 10.0. The summed E-state index contributed by atoms with van der Waals surface area (Å²) in [4.78, 5) is 9.11. The van der Waals surface area contributed by atoms with E-state index in [1.165, 1.54) is 18.4 Å². The molecule has 0 amide bonds. The number of hydrogen-bond donors (Lipinski definition) is 0. The molecule has 1 aromatic carbocycles. The molecule has 3 rings (SSSR count). The molecule has 5 heteroatoms. The molecule has 0 radical (unpaired) electrons. The van der Waals surface area contributed by atoms with Gasteiger partial charge < -0.3 is 0 Å². The van der Waals surface area contributed by atoms with Gasteiger partial charge in [0.1, 0.15) is 11.0 Å². The third-order valence-corrected chi connectivity index (χ3v) is 5.58. The first-order valence-electron chi connectivity index (χ1n) is 6.10. The van der Waals surface area contributed by atoms with E-state index in [0.717, 1.165) is 19.6 Å². The van der Waals surface area contributed by atoms with E-state index in [1.807, 2.05) is 18.2 Å². The Hall–Kier alpha value is -0.200. The smallest absolute Gasteiger partial charge is 0.146 e. The standard InChI is InChI=1S/C14H11BrClIN2/c15-10-4-2-1-3-9(10)7-11-18-13(8-5-6-8)12(17)14(16)19-11/h1-4,8H,5-7H2. The van der Waals surface area contributed by atoms with Gasteiger partial charge in [-0.05, 0) is 47.1 Å². The SMILES string of the molecule is Clc1nc(Cc2ccccc2Br)nc(C2CC2)c1I. The molecule has 0 N–H and O–H groups in total. The van der Waals surface area contributed by atoms with Crippen LogP contribution < -0.4 is 0 Å². The zero-order chi connectivity index (χ0) is 13.4. The molecule has 1 aliphatic carbocycles. The fourth-order valence-corrected chi connectivity index (χ4v) is 3.30. The van der Waals surface area contributed by atoms with Crippen LogP contribution in [0.3, 0.4) is 0 Å². The molecule has 98 valence electrons. The highest BCUT2D eigenvalue weighted by Crippen LogP contribution is 2.42. The fraction of sp³-hybridized carbons (Fsp3) is 0.286. The van der Waals surface area contributed by atoms with E-state index in [-0.39, 0.29) is 0 Å². The first-order chi connectivity index (χ1) is 9.15.